The largest absolute Gasteiger partial charge is 0.462 e. The van der Waals surface area contributed by atoms with Crippen LogP contribution in [0.4, 0.5) is 0 Å². The average molecular weight is 336 g/mol. The molecule has 2 bridgehead atoms. The molecule has 3 aliphatic rings. The van der Waals surface area contributed by atoms with Gasteiger partial charge in [-0.15, -0.1) is 0 Å². The quantitative estimate of drug-likeness (QED) is 0.490. The summed E-state index contributed by atoms with van der Waals surface area (Å²) in [5.74, 6) is 1.21. The Morgan fingerprint density at radius 3 is 2.46 bits per heavy atom. The molecule has 3 unspecified atom stereocenters. The van der Waals surface area contributed by atoms with Crippen LogP contribution in [-0.4, -0.2) is 24.6 Å². The van der Waals surface area contributed by atoms with Crippen LogP contribution >= 0.6 is 0 Å². The SMILES string of the molecule is CC(C)C(C)OC(=O)CCCC(=O)OCC1=CCC2CC1C2(C)C. The van der Waals surface area contributed by atoms with Crippen molar-refractivity contribution >= 4 is 11.9 Å². The topological polar surface area (TPSA) is 52.6 Å². The van der Waals surface area contributed by atoms with Crippen molar-refractivity contribution in [3.8, 4) is 0 Å². The average Bonchev–Trinajstić information content (AvgIpc) is 2.52. The van der Waals surface area contributed by atoms with Crippen molar-refractivity contribution < 1.29 is 19.1 Å². The van der Waals surface area contributed by atoms with Gasteiger partial charge < -0.3 is 9.47 Å². The molecular weight excluding hydrogens is 304 g/mol. The third-order valence-electron chi connectivity index (χ3n) is 6.00. The lowest BCUT2D eigenvalue weighted by atomic mass is 9.49. The van der Waals surface area contributed by atoms with Crippen LogP contribution in [0, 0.1) is 23.2 Å². The highest BCUT2D eigenvalue weighted by Crippen LogP contribution is 2.59. The van der Waals surface area contributed by atoms with E-state index in [0.717, 1.165) is 12.3 Å². The predicted octanol–water partition coefficient (Wildman–Crippen LogP) is 4.28. The maximum Gasteiger partial charge on any atom is 0.306 e. The summed E-state index contributed by atoms with van der Waals surface area (Å²) in [6, 6.07) is 0. The molecular formula is C20H32O4. The van der Waals surface area contributed by atoms with E-state index < -0.39 is 0 Å². The van der Waals surface area contributed by atoms with Crippen molar-refractivity contribution in [2.75, 3.05) is 6.61 Å². The summed E-state index contributed by atoms with van der Waals surface area (Å²) in [6.07, 6.45) is 5.53. The molecule has 24 heavy (non-hydrogen) atoms. The van der Waals surface area contributed by atoms with Gasteiger partial charge in [0.25, 0.3) is 0 Å². The summed E-state index contributed by atoms with van der Waals surface area (Å²) in [5.41, 5.74) is 1.63. The molecule has 0 amide bonds. The molecule has 0 aliphatic heterocycles. The minimum atomic E-state index is -0.235. The molecule has 4 heteroatoms. The Labute approximate surface area is 146 Å². The summed E-state index contributed by atoms with van der Waals surface area (Å²) >= 11 is 0. The highest BCUT2D eigenvalue weighted by atomic mass is 16.5. The van der Waals surface area contributed by atoms with Crippen LogP contribution < -0.4 is 0 Å². The van der Waals surface area contributed by atoms with Crippen LogP contribution in [0.15, 0.2) is 11.6 Å². The van der Waals surface area contributed by atoms with E-state index in [1.165, 1.54) is 12.0 Å². The summed E-state index contributed by atoms with van der Waals surface area (Å²) in [6.45, 7) is 11.0. The summed E-state index contributed by atoms with van der Waals surface area (Å²) in [4.78, 5) is 23.6. The second-order valence-corrected chi connectivity index (χ2v) is 8.27. The lowest BCUT2D eigenvalue weighted by Gasteiger charge is -2.56. The fraction of sp³-hybridized carbons (Fsp3) is 0.800. The molecule has 0 aromatic heterocycles. The van der Waals surface area contributed by atoms with Crippen LogP contribution in [0.5, 0.6) is 0 Å². The Morgan fingerprint density at radius 1 is 1.21 bits per heavy atom. The van der Waals surface area contributed by atoms with Crippen molar-refractivity contribution in [3.05, 3.63) is 11.6 Å². The smallest absolute Gasteiger partial charge is 0.306 e. The zero-order chi connectivity index (χ0) is 17.9. The van der Waals surface area contributed by atoms with Crippen LogP contribution in [0.3, 0.4) is 0 Å². The molecule has 0 N–H and O–H groups in total. The van der Waals surface area contributed by atoms with E-state index in [2.05, 4.69) is 19.9 Å². The third-order valence-corrected chi connectivity index (χ3v) is 6.00. The minimum absolute atomic E-state index is 0.0858. The van der Waals surface area contributed by atoms with Gasteiger partial charge in [0.15, 0.2) is 0 Å². The summed E-state index contributed by atoms with van der Waals surface area (Å²) < 4.78 is 10.7. The number of allylic oxidation sites excluding steroid dienone is 1. The first-order chi connectivity index (χ1) is 11.2. The summed E-state index contributed by atoms with van der Waals surface area (Å²) in [7, 11) is 0. The third kappa shape index (κ3) is 4.40. The number of carbonyl (C=O) groups excluding carboxylic acids is 2. The van der Waals surface area contributed by atoms with Crippen LogP contribution in [0.2, 0.25) is 0 Å². The fourth-order valence-electron chi connectivity index (χ4n) is 3.66. The monoisotopic (exact) mass is 336 g/mol. The van der Waals surface area contributed by atoms with Gasteiger partial charge in [-0.2, -0.15) is 0 Å². The van der Waals surface area contributed by atoms with Crippen molar-refractivity contribution in [2.45, 2.75) is 72.8 Å². The fourth-order valence-corrected chi connectivity index (χ4v) is 3.66. The molecule has 0 radical (unpaired) electrons. The van der Waals surface area contributed by atoms with Crippen LogP contribution in [0.1, 0.15) is 66.7 Å². The Balaban J connectivity index is 1.62. The number of carbonyl (C=O) groups is 2. The number of esters is 2. The zero-order valence-corrected chi connectivity index (χ0v) is 15.8. The Kier molecular flexibility index (Phi) is 6.11. The molecule has 0 aromatic rings. The molecule has 0 heterocycles. The van der Waals surface area contributed by atoms with E-state index in [0.29, 0.717) is 30.3 Å². The number of ether oxygens (including phenoxy) is 2. The molecule has 136 valence electrons. The maximum atomic E-state index is 11.9. The van der Waals surface area contributed by atoms with Gasteiger partial charge in [-0.25, -0.2) is 0 Å². The normalized spacial score (nSPS) is 25.5. The first-order valence-corrected chi connectivity index (χ1v) is 9.25. The zero-order valence-electron chi connectivity index (χ0n) is 15.8. The Bertz CT molecular complexity index is 504. The second-order valence-electron chi connectivity index (χ2n) is 8.27. The van der Waals surface area contributed by atoms with Gasteiger partial charge in [0.1, 0.15) is 12.7 Å². The van der Waals surface area contributed by atoms with Crippen molar-refractivity contribution in [3.63, 3.8) is 0 Å². The molecule has 4 nitrogen and oxygen atoms in total. The van der Waals surface area contributed by atoms with Gasteiger partial charge >= 0.3 is 11.9 Å². The molecule has 0 aromatic carbocycles. The van der Waals surface area contributed by atoms with E-state index in [1.807, 2.05) is 20.8 Å². The number of hydrogen-bond acceptors (Lipinski definition) is 4. The first-order valence-electron chi connectivity index (χ1n) is 9.25. The highest BCUT2D eigenvalue weighted by molar-refractivity contribution is 5.72. The number of rotatable bonds is 8. The second kappa shape index (κ2) is 7.71. The Morgan fingerprint density at radius 2 is 1.88 bits per heavy atom. The van der Waals surface area contributed by atoms with Gasteiger partial charge in [-0.05, 0) is 54.9 Å². The molecule has 0 saturated heterocycles. The van der Waals surface area contributed by atoms with Crippen molar-refractivity contribution in [2.24, 2.45) is 23.2 Å². The summed E-state index contributed by atoms with van der Waals surface area (Å²) in [5, 5.41) is 0. The molecule has 1 saturated carbocycles. The number of fused-ring (bicyclic) bond motifs is 1. The minimum Gasteiger partial charge on any atom is -0.462 e. The molecule has 3 atom stereocenters. The lowest BCUT2D eigenvalue weighted by molar-refractivity contribution is -0.150. The van der Waals surface area contributed by atoms with E-state index in [4.69, 9.17) is 9.47 Å². The van der Waals surface area contributed by atoms with E-state index in [1.54, 1.807) is 0 Å². The highest BCUT2D eigenvalue weighted by Gasteiger charge is 2.51. The molecule has 1 fully saturated rings. The standard InChI is InChI=1S/C20H32O4/c1-13(2)14(3)24-19(22)8-6-7-18(21)23-12-15-9-10-16-11-17(15)20(16,4)5/h9,13-14,16-17H,6-8,10-12H2,1-5H3. The number of hydrogen-bond donors (Lipinski definition) is 0. The van der Waals surface area contributed by atoms with Gasteiger partial charge in [0.2, 0.25) is 0 Å². The van der Waals surface area contributed by atoms with Crippen LogP contribution in [0.25, 0.3) is 0 Å². The lowest BCUT2D eigenvalue weighted by Crippen LogP contribution is -2.48. The van der Waals surface area contributed by atoms with Gasteiger partial charge in [0.05, 0.1) is 0 Å². The maximum absolute atomic E-state index is 11.9. The van der Waals surface area contributed by atoms with E-state index >= 15 is 0 Å². The van der Waals surface area contributed by atoms with Gasteiger partial charge in [-0.1, -0.05) is 33.8 Å². The van der Waals surface area contributed by atoms with Crippen molar-refractivity contribution in [1.29, 1.82) is 0 Å². The van der Waals surface area contributed by atoms with Crippen LogP contribution in [-0.2, 0) is 19.1 Å². The van der Waals surface area contributed by atoms with Gasteiger partial charge in [0, 0.05) is 12.8 Å². The predicted molar refractivity (Wildman–Crippen MR) is 93.3 cm³/mol. The van der Waals surface area contributed by atoms with Crippen molar-refractivity contribution in [1.82, 2.24) is 0 Å². The first kappa shape index (κ1) is 19.0. The molecule has 3 rings (SSSR count). The van der Waals surface area contributed by atoms with E-state index in [9.17, 15) is 9.59 Å². The van der Waals surface area contributed by atoms with E-state index in [-0.39, 0.29) is 30.9 Å². The molecule has 3 aliphatic carbocycles. The Hall–Kier alpha value is -1.32. The van der Waals surface area contributed by atoms with Gasteiger partial charge in [-0.3, -0.25) is 9.59 Å². The molecule has 0 spiro atoms.